The van der Waals surface area contributed by atoms with Crippen LogP contribution in [0.2, 0.25) is 0 Å². The van der Waals surface area contributed by atoms with Crippen LogP contribution in [0.5, 0.6) is 23.0 Å². The molecule has 0 aliphatic rings. The molecule has 0 atom stereocenters. The van der Waals surface area contributed by atoms with Crippen molar-refractivity contribution in [1.29, 1.82) is 0 Å². The van der Waals surface area contributed by atoms with E-state index in [1.165, 1.54) is 19.2 Å². The molecule has 8 rings (SSSR count). The Bertz CT molecular complexity index is 2790. The molecule has 0 unspecified atom stereocenters. The number of benzene rings is 6. The minimum absolute atomic E-state index is 0.0516. The number of aromatic nitrogens is 2. The largest absolute Gasteiger partial charge is 0.457 e. The third-order valence-corrected chi connectivity index (χ3v) is 12.3. The van der Waals surface area contributed by atoms with E-state index in [1.54, 1.807) is 42.5 Å². The molecule has 0 amide bonds. The molecule has 0 spiro atoms. The van der Waals surface area contributed by atoms with E-state index in [0.29, 0.717) is 38.9 Å². The summed E-state index contributed by atoms with van der Waals surface area (Å²) in [5.74, 6) is 1.79. The van der Waals surface area contributed by atoms with Gasteiger partial charge in [-0.2, -0.15) is 0 Å². The molecular weight excluding hydrogens is 675 g/mol. The molecule has 6 aromatic carbocycles. The fraction of sp³-hybridized carbons (Fsp3) is 0.0476. The van der Waals surface area contributed by atoms with Gasteiger partial charge in [0.25, 0.3) is 22.2 Å². The van der Waals surface area contributed by atoms with Crippen molar-refractivity contribution in [3.63, 3.8) is 0 Å². The number of nitrogens with zero attached hydrogens (tertiary/aromatic N) is 2. The second-order valence-electron chi connectivity index (χ2n) is 12.5. The van der Waals surface area contributed by atoms with Gasteiger partial charge in [-0.1, -0.05) is 78.4 Å². The topological polar surface area (TPSA) is 114 Å². The first kappa shape index (κ1) is 32.6. The molecule has 0 aliphatic carbocycles. The molecular formula is C42H29N2O7P. The van der Waals surface area contributed by atoms with Gasteiger partial charge in [0.15, 0.2) is 7.14 Å². The quantitative estimate of drug-likeness (QED) is 0.179. The van der Waals surface area contributed by atoms with Crippen molar-refractivity contribution in [2.24, 2.45) is 7.05 Å². The minimum Gasteiger partial charge on any atom is -0.457 e. The lowest BCUT2D eigenvalue weighted by molar-refractivity contribution is 0.472. The molecule has 0 fully saturated rings. The zero-order valence-corrected chi connectivity index (χ0v) is 28.9. The Morgan fingerprint density at radius 2 is 0.962 bits per heavy atom. The van der Waals surface area contributed by atoms with E-state index in [0.717, 1.165) is 14.7 Å². The summed E-state index contributed by atoms with van der Waals surface area (Å²) < 4.78 is 30.2. The van der Waals surface area contributed by atoms with Crippen LogP contribution >= 0.6 is 7.14 Å². The fourth-order valence-corrected chi connectivity index (χ4v) is 9.24. The standard InChI is InChI=1S/C42H29N2O7P/c1-26-13-17-28(18-14-26)50-30-21-22-37(38(23-30)52(49,31-9-5-3-6-10-31)32-11-7-4-8-12-32)51-29-19-15-27(16-20-29)44-41(47)35-24-33-34(25-36(35)42(44)48)40(46)43(2)39(33)45/h3-25H,1-2H3. The maximum atomic E-state index is 15.6. The highest BCUT2D eigenvalue weighted by Gasteiger charge is 2.33. The van der Waals surface area contributed by atoms with Crippen molar-refractivity contribution < 1.29 is 14.0 Å². The molecule has 0 bridgehead atoms. The molecule has 254 valence electrons. The number of fused-ring (bicyclic) bond motifs is 2. The summed E-state index contributed by atoms with van der Waals surface area (Å²) in [5, 5.41) is 1.92. The van der Waals surface area contributed by atoms with E-state index >= 15 is 4.57 Å². The summed E-state index contributed by atoms with van der Waals surface area (Å²) in [6.45, 7) is 1.99. The van der Waals surface area contributed by atoms with Gasteiger partial charge in [-0.05, 0) is 73.7 Å². The first-order valence-corrected chi connectivity index (χ1v) is 18.1. The van der Waals surface area contributed by atoms with E-state index in [9.17, 15) is 19.2 Å². The van der Waals surface area contributed by atoms with Crippen LogP contribution in [0, 0.1) is 6.92 Å². The van der Waals surface area contributed by atoms with E-state index in [-0.39, 0.29) is 27.2 Å². The van der Waals surface area contributed by atoms with Gasteiger partial charge in [0, 0.05) is 17.7 Å². The summed E-state index contributed by atoms with van der Waals surface area (Å²) in [4.78, 5) is 52.1. The molecule has 9 nitrogen and oxygen atoms in total. The Morgan fingerprint density at radius 3 is 1.50 bits per heavy atom. The van der Waals surface area contributed by atoms with Gasteiger partial charge in [-0.25, -0.2) is 4.57 Å². The van der Waals surface area contributed by atoms with Gasteiger partial charge >= 0.3 is 0 Å². The van der Waals surface area contributed by atoms with Crippen LogP contribution in [-0.2, 0) is 11.6 Å². The van der Waals surface area contributed by atoms with E-state index in [1.807, 2.05) is 91.9 Å². The predicted octanol–water partition coefficient (Wildman–Crippen LogP) is 5.97. The molecule has 52 heavy (non-hydrogen) atoms. The van der Waals surface area contributed by atoms with Crippen molar-refractivity contribution in [2.45, 2.75) is 6.92 Å². The lowest BCUT2D eigenvalue weighted by atomic mass is 10.1. The summed E-state index contributed by atoms with van der Waals surface area (Å²) in [6.07, 6.45) is 0. The Morgan fingerprint density at radius 1 is 0.500 bits per heavy atom. The molecule has 0 saturated heterocycles. The molecule has 8 aromatic rings. The van der Waals surface area contributed by atoms with Gasteiger partial charge in [0.05, 0.1) is 32.5 Å². The van der Waals surface area contributed by atoms with Crippen LogP contribution in [-0.4, -0.2) is 9.13 Å². The minimum atomic E-state index is -3.54. The number of hydrogen-bond acceptors (Lipinski definition) is 7. The molecule has 10 heteroatoms. The van der Waals surface area contributed by atoms with Gasteiger partial charge in [-0.15, -0.1) is 0 Å². The average Bonchev–Trinajstić information content (AvgIpc) is 3.55. The van der Waals surface area contributed by atoms with E-state index < -0.39 is 29.4 Å². The molecule has 2 heterocycles. The Kier molecular flexibility index (Phi) is 7.93. The molecule has 0 saturated carbocycles. The van der Waals surface area contributed by atoms with E-state index in [2.05, 4.69) is 0 Å². The monoisotopic (exact) mass is 704 g/mol. The van der Waals surface area contributed by atoms with Gasteiger partial charge in [0.1, 0.15) is 23.0 Å². The number of rotatable bonds is 8. The van der Waals surface area contributed by atoms with Crippen LogP contribution in [0.3, 0.4) is 0 Å². The smallest absolute Gasteiger partial charge is 0.266 e. The SMILES string of the molecule is Cc1ccc(Oc2ccc(Oc3ccc(-n4c(=O)c5cc6c(=O)n(C)c(=O)c6cc5c4=O)cc3)c(P(=O)(c3ccccc3)c3ccccc3)c2)cc1. The lowest BCUT2D eigenvalue weighted by Gasteiger charge is -2.23. The Balaban J connectivity index is 1.21. The van der Waals surface area contributed by atoms with Crippen LogP contribution in [0.1, 0.15) is 5.56 Å². The lowest BCUT2D eigenvalue weighted by Crippen LogP contribution is -2.26. The Labute approximate surface area is 296 Å². The summed E-state index contributed by atoms with van der Waals surface area (Å²) >= 11 is 0. The second kappa shape index (κ2) is 12.6. The van der Waals surface area contributed by atoms with Gasteiger partial charge < -0.3 is 14.0 Å². The van der Waals surface area contributed by atoms with Crippen molar-refractivity contribution in [3.05, 3.63) is 187 Å². The molecule has 2 aromatic heterocycles. The summed E-state index contributed by atoms with van der Waals surface area (Å²) in [5.41, 5.74) is -0.904. The predicted molar refractivity (Wildman–Crippen MR) is 204 cm³/mol. The first-order chi connectivity index (χ1) is 25.1. The van der Waals surface area contributed by atoms with Crippen LogP contribution in [0.4, 0.5) is 0 Å². The van der Waals surface area contributed by atoms with Crippen molar-refractivity contribution in [1.82, 2.24) is 9.13 Å². The fourth-order valence-electron chi connectivity index (χ4n) is 6.46. The van der Waals surface area contributed by atoms with Crippen molar-refractivity contribution in [2.75, 3.05) is 0 Å². The normalized spacial score (nSPS) is 11.7. The first-order valence-electron chi connectivity index (χ1n) is 16.4. The van der Waals surface area contributed by atoms with Gasteiger partial charge in [-0.3, -0.25) is 23.7 Å². The van der Waals surface area contributed by atoms with Gasteiger partial charge in [0.2, 0.25) is 0 Å². The average molecular weight is 705 g/mol. The summed E-state index contributed by atoms with van der Waals surface area (Å²) in [7, 11) is -2.18. The maximum absolute atomic E-state index is 15.6. The second-order valence-corrected chi connectivity index (χ2v) is 15.2. The van der Waals surface area contributed by atoms with E-state index in [4.69, 9.17) is 9.47 Å². The number of hydrogen-bond donors (Lipinski definition) is 0. The maximum Gasteiger partial charge on any atom is 0.266 e. The van der Waals surface area contributed by atoms with Crippen molar-refractivity contribution >= 4 is 44.6 Å². The number of ether oxygens (including phenoxy) is 2. The third-order valence-electron chi connectivity index (χ3n) is 9.18. The highest BCUT2D eigenvalue weighted by atomic mass is 31.2. The Hall–Kier alpha value is -6.57. The van der Waals surface area contributed by atoms with Crippen LogP contribution in [0.25, 0.3) is 27.2 Å². The van der Waals surface area contributed by atoms with Crippen molar-refractivity contribution in [3.8, 4) is 28.7 Å². The molecule has 0 radical (unpaired) electrons. The zero-order chi connectivity index (χ0) is 36.1. The molecule has 0 aliphatic heterocycles. The highest BCUT2D eigenvalue weighted by molar-refractivity contribution is 7.85. The van der Waals surface area contributed by atoms with Crippen LogP contribution in [0.15, 0.2) is 159 Å². The zero-order valence-electron chi connectivity index (χ0n) is 28.0. The third kappa shape index (κ3) is 5.39. The highest BCUT2D eigenvalue weighted by Crippen LogP contribution is 2.47. The summed E-state index contributed by atoms with van der Waals surface area (Å²) in [6, 6.07) is 40.3. The number of aryl methyl sites for hydroxylation is 1. The molecule has 0 N–H and O–H groups in total. The van der Waals surface area contributed by atoms with Crippen LogP contribution < -0.4 is 47.6 Å².